The Labute approximate surface area is 159 Å². The van der Waals surface area contributed by atoms with E-state index >= 15 is 0 Å². The van der Waals surface area contributed by atoms with E-state index in [9.17, 15) is 4.39 Å². The summed E-state index contributed by atoms with van der Waals surface area (Å²) in [4.78, 5) is 10.7. The summed E-state index contributed by atoms with van der Waals surface area (Å²) in [5.41, 5.74) is 2.40. The summed E-state index contributed by atoms with van der Waals surface area (Å²) in [6.07, 6.45) is 3.12. The van der Waals surface area contributed by atoms with Crippen molar-refractivity contribution in [2.75, 3.05) is 19.6 Å². The summed E-state index contributed by atoms with van der Waals surface area (Å²) in [6, 6.07) is 6.87. The summed E-state index contributed by atoms with van der Waals surface area (Å²) >= 11 is 1.76. The van der Waals surface area contributed by atoms with E-state index < -0.39 is 0 Å². The Bertz CT molecular complexity index is 743. The molecule has 1 fully saturated rings. The Morgan fingerprint density at radius 2 is 1.96 bits per heavy atom. The van der Waals surface area contributed by atoms with Gasteiger partial charge in [-0.15, -0.1) is 11.3 Å². The van der Waals surface area contributed by atoms with E-state index in [0.29, 0.717) is 0 Å². The fourth-order valence-corrected chi connectivity index (χ4v) is 3.93. The topological polar surface area (TPSA) is 49.3 Å². The molecule has 140 valence electrons. The molecule has 0 bridgehead atoms. The van der Waals surface area contributed by atoms with E-state index in [0.717, 1.165) is 55.6 Å². The Morgan fingerprint density at radius 1 is 1.23 bits per heavy atom. The highest BCUT2D eigenvalue weighted by Crippen LogP contribution is 2.48. The Morgan fingerprint density at radius 3 is 2.54 bits per heavy atom. The maximum atomic E-state index is 13.2. The number of hydrogen-bond donors (Lipinski definition) is 2. The van der Waals surface area contributed by atoms with Crippen molar-refractivity contribution in [1.29, 1.82) is 0 Å². The summed E-state index contributed by atoms with van der Waals surface area (Å²) in [5, 5.41) is 7.87. The van der Waals surface area contributed by atoms with Crippen molar-refractivity contribution >= 4 is 17.3 Å². The second kappa shape index (κ2) is 8.16. The van der Waals surface area contributed by atoms with Gasteiger partial charge in [0.2, 0.25) is 0 Å². The predicted octanol–water partition coefficient (Wildman–Crippen LogP) is 3.73. The predicted molar refractivity (Wildman–Crippen MR) is 107 cm³/mol. The molecule has 4 nitrogen and oxygen atoms in total. The van der Waals surface area contributed by atoms with Crippen molar-refractivity contribution in [3.8, 4) is 0 Å². The maximum absolute atomic E-state index is 13.2. The summed E-state index contributed by atoms with van der Waals surface area (Å²) in [6.45, 7) is 8.59. The van der Waals surface area contributed by atoms with Crippen LogP contribution in [0.2, 0.25) is 0 Å². The van der Waals surface area contributed by atoms with Crippen molar-refractivity contribution < 1.29 is 4.39 Å². The first kappa shape index (κ1) is 18.8. The fourth-order valence-electron chi connectivity index (χ4n) is 3.00. The first-order valence-corrected chi connectivity index (χ1v) is 10.1. The Hall–Kier alpha value is -1.95. The molecule has 1 aliphatic rings. The first-order valence-electron chi connectivity index (χ1n) is 9.23. The molecule has 3 rings (SSSR count). The third kappa shape index (κ3) is 4.61. The van der Waals surface area contributed by atoms with E-state index in [-0.39, 0.29) is 11.2 Å². The lowest BCUT2D eigenvalue weighted by Crippen LogP contribution is -2.39. The number of rotatable bonds is 7. The van der Waals surface area contributed by atoms with Gasteiger partial charge in [-0.2, -0.15) is 0 Å². The van der Waals surface area contributed by atoms with Gasteiger partial charge in [-0.1, -0.05) is 12.1 Å². The largest absolute Gasteiger partial charge is 0.357 e. The van der Waals surface area contributed by atoms with Gasteiger partial charge in [-0.05, 0) is 51.3 Å². The fraction of sp³-hybridized carbons (Fsp3) is 0.500. The number of aliphatic imine (C=N–C) groups is 1. The molecule has 1 aromatic carbocycles. The zero-order valence-electron chi connectivity index (χ0n) is 15.7. The lowest BCUT2D eigenvalue weighted by molar-refractivity contribution is 0.623. The molecule has 0 aliphatic heterocycles. The van der Waals surface area contributed by atoms with Gasteiger partial charge in [0.15, 0.2) is 5.96 Å². The van der Waals surface area contributed by atoms with Crippen LogP contribution in [-0.4, -0.2) is 30.6 Å². The smallest absolute Gasteiger partial charge is 0.191 e. The third-order valence-corrected chi connectivity index (χ3v) is 6.03. The number of thiazole rings is 1. The minimum absolute atomic E-state index is 0.0829. The highest BCUT2D eigenvalue weighted by molar-refractivity contribution is 7.11. The van der Waals surface area contributed by atoms with Crippen molar-refractivity contribution in [2.24, 2.45) is 4.99 Å². The van der Waals surface area contributed by atoms with Gasteiger partial charge in [0.1, 0.15) is 5.82 Å². The highest BCUT2D eigenvalue weighted by atomic mass is 32.1. The molecule has 0 saturated heterocycles. The minimum Gasteiger partial charge on any atom is -0.357 e. The molecule has 1 aliphatic carbocycles. The number of guanidine groups is 1. The lowest BCUT2D eigenvalue weighted by atomic mass is 9.96. The number of hydrogen-bond acceptors (Lipinski definition) is 3. The second-order valence-electron chi connectivity index (χ2n) is 6.91. The average molecular weight is 375 g/mol. The van der Waals surface area contributed by atoms with Gasteiger partial charge in [-0.3, -0.25) is 4.99 Å². The number of aromatic nitrogens is 1. The molecule has 26 heavy (non-hydrogen) atoms. The molecule has 0 atom stereocenters. The van der Waals surface area contributed by atoms with Crippen LogP contribution < -0.4 is 10.6 Å². The second-order valence-corrected chi connectivity index (χ2v) is 8.20. The maximum Gasteiger partial charge on any atom is 0.191 e. The summed E-state index contributed by atoms with van der Waals surface area (Å²) < 4.78 is 13.2. The number of nitrogens with one attached hydrogen (secondary N) is 2. The minimum atomic E-state index is -0.185. The third-order valence-electron chi connectivity index (χ3n) is 4.90. The van der Waals surface area contributed by atoms with Gasteiger partial charge < -0.3 is 10.6 Å². The molecule has 0 amide bonds. The number of nitrogens with zero attached hydrogens (tertiary/aromatic N) is 2. The van der Waals surface area contributed by atoms with Crippen molar-refractivity contribution in [3.05, 3.63) is 51.2 Å². The van der Waals surface area contributed by atoms with E-state index in [1.807, 2.05) is 12.1 Å². The molecule has 0 radical (unpaired) electrons. The molecule has 1 aromatic heterocycles. The highest BCUT2D eigenvalue weighted by Gasteiger charge is 2.44. The average Bonchev–Trinajstić information content (AvgIpc) is 3.34. The normalized spacial score (nSPS) is 15.8. The molecular formula is C20H27FN4S. The van der Waals surface area contributed by atoms with Crippen LogP contribution in [0.25, 0.3) is 0 Å². The van der Waals surface area contributed by atoms with Crippen LogP contribution in [0.1, 0.15) is 40.9 Å². The van der Waals surface area contributed by atoms with Gasteiger partial charge in [-0.25, -0.2) is 9.37 Å². The molecule has 2 aromatic rings. The molecule has 1 saturated carbocycles. The molecule has 2 N–H and O–H groups in total. The molecule has 0 spiro atoms. The number of aryl methyl sites for hydroxylation is 2. The Kier molecular flexibility index (Phi) is 5.91. The summed E-state index contributed by atoms with van der Waals surface area (Å²) in [5.74, 6) is 0.654. The Balaban J connectivity index is 1.57. The van der Waals surface area contributed by atoms with Crippen molar-refractivity contribution in [2.45, 2.75) is 45.4 Å². The zero-order valence-corrected chi connectivity index (χ0v) is 16.5. The van der Waals surface area contributed by atoms with Crippen LogP contribution in [-0.2, 0) is 11.8 Å². The van der Waals surface area contributed by atoms with Gasteiger partial charge in [0.25, 0.3) is 0 Å². The van der Waals surface area contributed by atoms with Gasteiger partial charge in [0, 0.05) is 29.8 Å². The monoisotopic (exact) mass is 374 g/mol. The number of halogens is 1. The van der Waals surface area contributed by atoms with Gasteiger partial charge >= 0.3 is 0 Å². The standard InChI is InChI=1S/C20H27FN4S/c1-4-22-19(23-12-9-18-25-14(2)15(3)26-18)24-13-20(10-11-20)16-5-7-17(21)8-6-16/h5-8H,4,9-13H2,1-3H3,(H2,22,23,24). The lowest BCUT2D eigenvalue weighted by Gasteiger charge is -2.16. The van der Waals surface area contributed by atoms with Crippen LogP contribution in [0.5, 0.6) is 0 Å². The zero-order chi connectivity index (χ0) is 18.6. The molecular weight excluding hydrogens is 347 g/mol. The number of benzene rings is 1. The quantitative estimate of drug-likeness (QED) is 0.573. The molecule has 1 heterocycles. The first-order chi connectivity index (χ1) is 12.5. The van der Waals surface area contributed by atoms with Gasteiger partial charge in [0.05, 0.1) is 17.2 Å². The van der Waals surface area contributed by atoms with Crippen LogP contribution in [0.15, 0.2) is 29.3 Å². The van der Waals surface area contributed by atoms with Crippen molar-refractivity contribution in [1.82, 2.24) is 15.6 Å². The molecule has 6 heteroatoms. The van der Waals surface area contributed by atoms with E-state index in [4.69, 9.17) is 4.99 Å². The van der Waals surface area contributed by atoms with Crippen LogP contribution >= 0.6 is 11.3 Å². The van der Waals surface area contributed by atoms with E-state index in [1.54, 1.807) is 23.5 Å². The van der Waals surface area contributed by atoms with E-state index in [1.165, 1.54) is 10.4 Å². The summed E-state index contributed by atoms with van der Waals surface area (Å²) in [7, 11) is 0. The van der Waals surface area contributed by atoms with Crippen LogP contribution in [0, 0.1) is 19.7 Å². The van der Waals surface area contributed by atoms with Crippen LogP contribution in [0.3, 0.4) is 0 Å². The van der Waals surface area contributed by atoms with E-state index in [2.05, 4.69) is 36.4 Å². The SMILES string of the molecule is CCNC(=NCC1(c2ccc(F)cc2)CC1)NCCc1nc(C)c(C)s1. The van der Waals surface area contributed by atoms with Crippen LogP contribution in [0.4, 0.5) is 4.39 Å². The molecule has 0 unspecified atom stereocenters. The van der Waals surface area contributed by atoms with Crippen molar-refractivity contribution in [3.63, 3.8) is 0 Å².